The van der Waals surface area contributed by atoms with Crippen molar-refractivity contribution in [3.63, 3.8) is 0 Å². The van der Waals surface area contributed by atoms with Crippen LogP contribution in [0.25, 0.3) is 0 Å². The molecule has 2 amide bonds. The maximum atomic E-state index is 12.5. The largest absolute Gasteiger partial charge is 0.366 e. The molecule has 136 valence electrons. The Labute approximate surface area is 158 Å². The molecule has 2 N–H and O–H groups in total. The number of rotatable bonds is 9. The van der Waals surface area contributed by atoms with Crippen LogP contribution in [0.1, 0.15) is 15.2 Å². The highest BCUT2D eigenvalue weighted by Gasteiger charge is 2.20. The number of nitrogens with zero attached hydrogens (tertiary/aromatic N) is 2. The first kappa shape index (κ1) is 19.7. The van der Waals surface area contributed by atoms with Gasteiger partial charge in [-0.3, -0.25) is 19.7 Å². The predicted octanol–water partition coefficient (Wildman–Crippen LogP) is 3.06. The van der Waals surface area contributed by atoms with Crippen LogP contribution in [0.5, 0.6) is 0 Å². The maximum Gasteiger partial charge on any atom is 0.283 e. The van der Waals surface area contributed by atoms with Crippen LogP contribution in [0.2, 0.25) is 0 Å². The number of benzene rings is 1. The number of nitrogens with two attached hydrogens (primary N) is 1. The molecule has 0 aliphatic heterocycles. The lowest BCUT2D eigenvalue weighted by atomic mass is 10.2. The van der Waals surface area contributed by atoms with Gasteiger partial charge >= 0.3 is 0 Å². The Morgan fingerprint density at radius 3 is 2.73 bits per heavy atom. The second kappa shape index (κ2) is 9.16. The molecule has 0 radical (unpaired) electrons. The highest BCUT2D eigenvalue weighted by molar-refractivity contribution is 8.00. The summed E-state index contributed by atoms with van der Waals surface area (Å²) in [6, 6.07) is 7.83. The van der Waals surface area contributed by atoms with Crippen LogP contribution < -0.4 is 5.73 Å². The van der Waals surface area contributed by atoms with Crippen molar-refractivity contribution in [3.8, 4) is 0 Å². The van der Waals surface area contributed by atoms with E-state index in [1.807, 2.05) is 17.5 Å². The fourth-order valence-corrected chi connectivity index (χ4v) is 3.79. The van der Waals surface area contributed by atoms with Gasteiger partial charge in [0, 0.05) is 23.1 Å². The monoisotopic (exact) mass is 391 g/mol. The van der Waals surface area contributed by atoms with Gasteiger partial charge in [-0.25, -0.2) is 0 Å². The van der Waals surface area contributed by atoms with E-state index in [4.69, 9.17) is 5.73 Å². The van der Waals surface area contributed by atoms with E-state index in [9.17, 15) is 19.7 Å². The molecular weight excluding hydrogens is 374 g/mol. The Bertz CT molecular complexity index is 821. The Balaban J connectivity index is 2.10. The lowest BCUT2D eigenvalue weighted by Gasteiger charge is -2.20. The summed E-state index contributed by atoms with van der Waals surface area (Å²) in [4.78, 5) is 37.3. The fraction of sp³-hybridized carbons (Fsp3) is 0.176. The molecule has 9 heteroatoms. The minimum atomic E-state index is -0.742. The molecule has 1 aromatic carbocycles. The number of carbonyl (C=O) groups excluding carboxylic acids is 2. The molecule has 26 heavy (non-hydrogen) atoms. The summed E-state index contributed by atoms with van der Waals surface area (Å²) in [5.74, 6) is -0.860. The van der Waals surface area contributed by atoms with Crippen molar-refractivity contribution in [3.05, 3.63) is 68.9 Å². The van der Waals surface area contributed by atoms with Gasteiger partial charge in [0.05, 0.1) is 22.1 Å². The molecule has 0 fully saturated rings. The third-order valence-corrected chi connectivity index (χ3v) is 5.33. The number of hydrogen-bond acceptors (Lipinski definition) is 6. The molecule has 0 saturated carbocycles. The van der Waals surface area contributed by atoms with Gasteiger partial charge in [0.2, 0.25) is 11.8 Å². The number of nitro benzene ring substituents is 1. The number of nitro groups is 1. The normalized spacial score (nSPS) is 10.3. The molecule has 1 heterocycles. The molecule has 0 spiro atoms. The average molecular weight is 391 g/mol. The third-order valence-electron chi connectivity index (χ3n) is 3.42. The van der Waals surface area contributed by atoms with E-state index in [1.165, 1.54) is 12.1 Å². The summed E-state index contributed by atoms with van der Waals surface area (Å²) in [5.41, 5.74) is 4.97. The van der Waals surface area contributed by atoms with Crippen molar-refractivity contribution in [1.82, 2.24) is 4.90 Å². The van der Waals surface area contributed by atoms with Gasteiger partial charge in [0.15, 0.2) is 0 Å². The molecule has 2 rings (SSSR count). The molecule has 0 bridgehead atoms. The SMILES string of the molecule is C=CCN(Cc1cccs1)C(=O)CSc1ccc(C(N)=O)cc1[N+](=O)[O-]. The summed E-state index contributed by atoms with van der Waals surface area (Å²) < 4.78 is 0. The van der Waals surface area contributed by atoms with Gasteiger partial charge in [0.25, 0.3) is 5.69 Å². The second-order valence-corrected chi connectivity index (χ2v) is 7.28. The van der Waals surface area contributed by atoms with Crippen molar-refractivity contribution >= 4 is 40.6 Å². The summed E-state index contributed by atoms with van der Waals surface area (Å²) in [7, 11) is 0. The first-order chi connectivity index (χ1) is 12.4. The Morgan fingerprint density at radius 2 is 2.15 bits per heavy atom. The molecule has 0 unspecified atom stereocenters. The lowest BCUT2D eigenvalue weighted by Crippen LogP contribution is -2.31. The van der Waals surface area contributed by atoms with Crippen molar-refractivity contribution in [1.29, 1.82) is 0 Å². The fourth-order valence-electron chi connectivity index (χ4n) is 2.17. The highest BCUT2D eigenvalue weighted by atomic mass is 32.2. The topological polar surface area (TPSA) is 107 Å². The highest BCUT2D eigenvalue weighted by Crippen LogP contribution is 2.30. The first-order valence-corrected chi connectivity index (χ1v) is 9.41. The van der Waals surface area contributed by atoms with E-state index in [2.05, 4.69) is 6.58 Å². The van der Waals surface area contributed by atoms with E-state index in [-0.39, 0.29) is 22.9 Å². The van der Waals surface area contributed by atoms with E-state index < -0.39 is 10.8 Å². The van der Waals surface area contributed by atoms with E-state index in [1.54, 1.807) is 22.3 Å². The third kappa shape index (κ3) is 5.17. The van der Waals surface area contributed by atoms with Gasteiger partial charge < -0.3 is 10.6 Å². The zero-order chi connectivity index (χ0) is 19.1. The number of thioether (sulfide) groups is 1. The zero-order valence-corrected chi connectivity index (χ0v) is 15.4. The summed E-state index contributed by atoms with van der Waals surface area (Å²) in [5, 5.41) is 13.2. The number of primary amides is 1. The smallest absolute Gasteiger partial charge is 0.283 e. The van der Waals surface area contributed by atoms with Gasteiger partial charge in [-0.05, 0) is 23.6 Å². The van der Waals surface area contributed by atoms with Crippen LogP contribution in [0, 0.1) is 10.1 Å². The molecule has 1 aromatic heterocycles. The Hall–Kier alpha value is -2.65. The summed E-state index contributed by atoms with van der Waals surface area (Å²) in [6.07, 6.45) is 1.64. The van der Waals surface area contributed by atoms with E-state index in [0.29, 0.717) is 18.0 Å². The standard InChI is InChI=1S/C17H17N3O4S2/c1-2-7-19(10-13-4-3-8-25-13)16(21)11-26-15-6-5-12(17(18)22)9-14(15)20(23)24/h2-6,8-9H,1,7,10-11H2,(H2,18,22). The van der Waals surface area contributed by atoms with E-state index in [0.717, 1.165) is 22.7 Å². The number of carbonyl (C=O) groups is 2. The van der Waals surface area contributed by atoms with Crippen molar-refractivity contribution < 1.29 is 14.5 Å². The van der Waals surface area contributed by atoms with Crippen LogP contribution in [0.4, 0.5) is 5.69 Å². The molecule has 0 saturated heterocycles. The second-order valence-electron chi connectivity index (χ2n) is 5.23. The average Bonchev–Trinajstić information content (AvgIpc) is 3.12. The molecular formula is C17H17N3O4S2. The Morgan fingerprint density at radius 1 is 1.38 bits per heavy atom. The molecule has 0 atom stereocenters. The van der Waals surface area contributed by atoms with Crippen LogP contribution in [0.3, 0.4) is 0 Å². The van der Waals surface area contributed by atoms with Crippen molar-refractivity contribution in [2.75, 3.05) is 12.3 Å². The van der Waals surface area contributed by atoms with Crippen LogP contribution in [-0.2, 0) is 11.3 Å². The molecule has 2 aromatic rings. The molecule has 7 nitrogen and oxygen atoms in total. The van der Waals surface area contributed by atoms with Gasteiger partial charge in [-0.2, -0.15) is 0 Å². The summed E-state index contributed by atoms with van der Waals surface area (Å²) >= 11 is 2.61. The van der Waals surface area contributed by atoms with Gasteiger partial charge in [-0.1, -0.05) is 12.1 Å². The van der Waals surface area contributed by atoms with Crippen molar-refractivity contribution in [2.45, 2.75) is 11.4 Å². The van der Waals surface area contributed by atoms with Gasteiger partial charge in [0.1, 0.15) is 0 Å². The van der Waals surface area contributed by atoms with E-state index >= 15 is 0 Å². The summed E-state index contributed by atoms with van der Waals surface area (Å²) in [6.45, 7) is 4.52. The zero-order valence-electron chi connectivity index (χ0n) is 13.8. The molecule has 0 aliphatic rings. The van der Waals surface area contributed by atoms with Crippen molar-refractivity contribution in [2.24, 2.45) is 5.73 Å². The number of hydrogen-bond donors (Lipinski definition) is 1. The van der Waals surface area contributed by atoms with Crippen LogP contribution in [0.15, 0.2) is 53.3 Å². The van der Waals surface area contributed by atoms with Gasteiger partial charge in [-0.15, -0.1) is 29.7 Å². The lowest BCUT2D eigenvalue weighted by molar-refractivity contribution is -0.387. The minimum Gasteiger partial charge on any atom is -0.366 e. The van der Waals surface area contributed by atoms with Crippen LogP contribution >= 0.6 is 23.1 Å². The first-order valence-electron chi connectivity index (χ1n) is 7.54. The number of thiophene rings is 1. The maximum absolute atomic E-state index is 12.5. The molecule has 0 aliphatic carbocycles. The Kier molecular flexibility index (Phi) is 6.93. The quantitative estimate of drug-likeness (QED) is 0.306. The minimum absolute atomic E-state index is 0.0377. The number of amides is 2. The predicted molar refractivity (Wildman–Crippen MR) is 102 cm³/mol. The van der Waals surface area contributed by atoms with Crippen LogP contribution in [-0.4, -0.2) is 33.9 Å².